The van der Waals surface area contributed by atoms with Crippen molar-refractivity contribution in [3.05, 3.63) is 18.0 Å². The van der Waals surface area contributed by atoms with Gasteiger partial charge in [0.05, 0.1) is 12.2 Å². The van der Waals surface area contributed by atoms with Crippen LogP contribution < -0.4 is 10.6 Å². The van der Waals surface area contributed by atoms with Crippen molar-refractivity contribution in [1.29, 1.82) is 0 Å². The van der Waals surface area contributed by atoms with Crippen molar-refractivity contribution < 1.29 is 4.79 Å². The van der Waals surface area contributed by atoms with Crippen LogP contribution in [0.4, 0.5) is 0 Å². The van der Waals surface area contributed by atoms with Gasteiger partial charge in [-0.2, -0.15) is 5.10 Å². The van der Waals surface area contributed by atoms with E-state index in [1.165, 1.54) is 0 Å². The van der Waals surface area contributed by atoms with E-state index in [1.54, 1.807) is 6.20 Å². The highest BCUT2D eigenvalue weighted by atomic mass is 16.1. The van der Waals surface area contributed by atoms with E-state index < -0.39 is 0 Å². The van der Waals surface area contributed by atoms with Crippen LogP contribution in [0.5, 0.6) is 0 Å². The van der Waals surface area contributed by atoms with Crippen molar-refractivity contribution >= 4 is 5.91 Å². The van der Waals surface area contributed by atoms with Crippen LogP contribution in [-0.4, -0.2) is 28.3 Å². The minimum atomic E-state index is 0.0255. The van der Waals surface area contributed by atoms with Crippen LogP contribution in [0.15, 0.2) is 12.3 Å². The number of nitrogens with zero attached hydrogens (tertiary/aromatic N) is 2. The molecular formula is C11H20N4O. The number of hydrogen-bond acceptors (Lipinski definition) is 3. The summed E-state index contributed by atoms with van der Waals surface area (Å²) in [5, 5.41) is 10.1. The summed E-state index contributed by atoms with van der Waals surface area (Å²) in [6.45, 7) is 7.80. The molecule has 16 heavy (non-hydrogen) atoms. The highest BCUT2D eigenvalue weighted by molar-refractivity contribution is 5.78. The lowest BCUT2D eigenvalue weighted by molar-refractivity contribution is -0.120. The van der Waals surface area contributed by atoms with E-state index in [2.05, 4.69) is 15.7 Å². The molecule has 5 heteroatoms. The zero-order valence-electron chi connectivity index (χ0n) is 10.2. The van der Waals surface area contributed by atoms with E-state index in [0.717, 1.165) is 12.2 Å². The maximum absolute atomic E-state index is 11.3. The van der Waals surface area contributed by atoms with Crippen LogP contribution in [0.25, 0.3) is 0 Å². The first kappa shape index (κ1) is 12.7. The zero-order valence-corrected chi connectivity index (χ0v) is 10.2. The number of aryl methyl sites for hydroxylation is 1. The molecule has 0 aliphatic rings. The molecule has 0 spiro atoms. The second-order valence-electron chi connectivity index (χ2n) is 3.96. The Balaban J connectivity index is 2.28. The van der Waals surface area contributed by atoms with Crippen molar-refractivity contribution in [2.24, 2.45) is 0 Å². The third-order valence-corrected chi connectivity index (χ3v) is 2.15. The number of nitrogens with one attached hydrogen (secondary N) is 2. The largest absolute Gasteiger partial charge is 0.353 e. The van der Waals surface area contributed by atoms with E-state index in [-0.39, 0.29) is 11.9 Å². The van der Waals surface area contributed by atoms with Gasteiger partial charge in [0.1, 0.15) is 0 Å². The van der Waals surface area contributed by atoms with Crippen LogP contribution in [-0.2, 0) is 17.9 Å². The SMILES string of the molecule is CCn1nccc1CNCC(=O)NC(C)C. The van der Waals surface area contributed by atoms with Crippen molar-refractivity contribution in [3.63, 3.8) is 0 Å². The number of amides is 1. The number of carbonyl (C=O) groups is 1. The van der Waals surface area contributed by atoms with Gasteiger partial charge in [-0.25, -0.2) is 0 Å². The summed E-state index contributed by atoms with van der Waals surface area (Å²) in [5.74, 6) is 0.0255. The highest BCUT2D eigenvalue weighted by Gasteiger charge is 2.04. The predicted octanol–water partition coefficient (Wildman–Crippen LogP) is 0.517. The second kappa shape index (κ2) is 6.27. The Morgan fingerprint density at radius 2 is 2.31 bits per heavy atom. The average Bonchev–Trinajstić information content (AvgIpc) is 2.64. The third kappa shape index (κ3) is 4.02. The van der Waals surface area contributed by atoms with Crippen LogP contribution >= 0.6 is 0 Å². The van der Waals surface area contributed by atoms with Gasteiger partial charge < -0.3 is 10.6 Å². The lowest BCUT2D eigenvalue weighted by Crippen LogP contribution is -2.37. The number of carbonyl (C=O) groups excluding carboxylic acids is 1. The van der Waals surface area contributed by atoms with Crippen molar-refractivity contribution in [2.75, 3.05) is 6.54 Å². The molecule has 5 nitrogen and oxygen atoms in total. The van der Waals surface area contributed by atoms with E-state index in [9.17, 15) is 4.79 Å². The van der Waals surface area contributed by atoms with Gasteiger partial charge in [-0.1, -0.05) is 0 Å². The van der Waals surface area contributed by atoms with Crippen LogP contribution in [0.1, 0.15) is 26.5 Å². The fourth-order valence-electron chi connectivity index (χ4n) is 1.47. The molecular weight excluding hydrogens is 204 g/mol. The summed E-state index contributed by atoms with van der Waals surface area (Å²) in [4.78, 5) is 11.3. The molecule has 1 heterocycles. The summed E-state index contributed by atoms with van der Waals surface area (Å²) in [6, 6.07) is 2.15. The van der Waals surface area contributed by atoms with Gasteiger partial charge in [0.25, 0.3) is 0 Å². The quantitative estimate of drug-likeness (QED) is 0.740. The molecule has 0 unspecified atom stereocenters. The number of aromatic nitrogens is 2. The number of hydrogen-bond donors (Lipinski definition) is 2. The molecule has 0 bridgehead atoms. The Kier molecular flexibility index (Phi) is 4.98. The first-order chi connectivity index (χ1) is 7.63. The first-order valence-electron chi connectivity index (χ1n) is 5.64. The lowest BCUT2D eigenvalue weighted by atomic mass is 10.3. The summed E-state index contributed by atoms with van der Waals surface area (Å²) in [6.07, 6.45) is 1.77. The molecule has 0 atom stereocenters. The van der Waals surface area contributed by atoms with Gasteiger partial charge >= 0.3 is 0 Å². The minimum absolute atomic E-state index is 0.0255. The Morgan fingerprint density at radius 1 is 1.56 bits per heavy atom. The van der Waals surface area contributed by atoms with Gasteiger partial charge in [0, 0.05) is 25.3 Å². The van der Waals surface area contributed by atoms with Gasteiger partial charge in [-0.3, -0.25) is 9.48 Å². The Hall–Kier alpha value is -1.36. The van der Waals surface area contributed by atoms with Gasteiger partial charge in [-0.15, -0.1) is 0 Å². The smallest absolute Gasteiger partial charge is 0.234 e. The number of rotatable bonds is 6. The summed E-state index contributed by atoms with van der Waals surface area (Å²) in [5.41, 5.74) is 1.10. The maximum Gasteiger partial charge on any atom is 0.234 e. The van der Waals surface area contributed by atoms with Gasteiger partial charge in [0.2, 0.25) is 5.91 Å². The van der Waals surface area contributed by atoms with Gasteiger partial charge in [-0.05, 0) is 26.8 Å². The average molecular weight is 224 g/mol. The molecule has 1 aromatic rings. The molecule has 0 saturated carbocycles. The molecule has 0 fully saturated rings. The predicted molar refractivity (Wildman–Crippen MR) is 62.9 cm³/mol. The lowest BCUT2D eigenvalue weighted by Gasteiger charge is -2.09. The fraction of sp³-hybridized carbons (Fsp3) is 0.636. The summed E-state index contributed by atoms with van der Waals surface area (Å²) in [7, 11) is 0. The second-order valence-corrected chi connectivity index (χ2v) is 3.96. The standard InChI is InChI=1S/C11H20N4O/c1-4-15-10(5-6-13-15)7-12-8-11(16)14-9(2)3/h5-6,9,12H,4,7-8H2,1-3H3,(H,14,16). The molecule has 0 saturated heterocycles. The molecule has 0 aromatic carbocycles. The van der Waals surface area contributed by atoms with Gasteiger partial charge in [0.15, 0.2) is 0 Å². The van der Waals surface area contributed by atoms with Crippen molar-refractivity contribution in [3.8, 4) is 0 Å². The molecule has 2 N–H and O–H groups in total. The molecule has 0 radical (unpaired) electrons. The topological polar surface area (TPSA) is 59.0 Å². The highest BCUT2D eigenvalue weighted by Crippen LogP contribution is 1.97. The van der Waals surface area contributed by atoms with Crippen molar-refractivity contribution in [2.45, 2.75) is 39.9 Å². The van der Waals surface area contributed by atoms with Crippen molar-refractivity contribution in [1.82, 2.24) is 20.4 Å². The van der Waals surface area contributed by atoms with Crippen LogP contribution in [0.2, 0.25) is 0 Å². The van der Waals surface area contributed by atoms with E-state index in [1.807, 2.05) is 31.5 Å². The molecule has 1 aromatic heterocycles. The maximum atomic E-state index is 11.3. The summed E-state index contributed by atoms with van der Waals surface area (Å²) >= 11 is 0. The fourth-order valence-corrected chi connectivity index (χ4v) is 1.47. The Morgan fingerprint density at radius 3 is 2.94 bits per heavy atom. The monoisotopic (exact) mass is 224 g/mol. The third-order valence-electron chi connectivity index (χ3n) is 2.15. The van der Waals surface area contributed by atoms with Crippen LogP contribution in [0, 0.1) is 0 Å². The molecule has 90 valence electrons. The summed E-state index contributed by atoms with van der Waals surface area (Å²) < 4.78 is 1.91. The first-order valence-corrected chi connectivity index (χ1v) is 5.64. The Bertz CT molecular complexity index is 332. The van der Waals surface area contributed by atoms with E-state index in [4.69, 9.17) is 0 Å². The zero-order chi connectivity index (χ0) is 12.0. The molecule has 1 amide bonds. The normalized spacial score (nSPS) is 10.8. The Labute approximate surface area is 96.2 Å². The van der Waals surface area contributed by atoms with E-state index in [0.29, 0.717) is 13.1 Å². The van der Waals surface area contributed by atoms with E-state index >= 15 is 0 Å². The molecule has 0 aliphatic carbocycles. The van der Waals surface area contributed by atoms with Crippen LogP contribution in [0.3, 0.4) is 0 Å². The minimum Gasteiger partial charge on any atom is -0.353 e. The molecule has 0 aliphatic heterocycles. The molecule has 1 rings (SSSR count).